The van der Waals surface area contributed by atoms with E-state index in [9.17, 15) is 13.6 Å². The van der Waals surface area contributed by atoms with E-state index in [1.165, 1.54) is 43.0 Å². The quantitative estimate of drug-likeness (QED) is 0.565. The van der Waals surface area contributed by atoms with Crippen LogP contribution in [0.3, 0.4) is 0 Å². The molecule has 4 aromatic rings. The zero-order valence-electron chi connectivity index (χ0n) is 13.5. The van der Waals surface area contributed by atoms with E-state index in [0.717, 1.165) is 10.6 Å². The van der Waals surface area contributed by atoms with Crippen molar-refractivity contribution in [3.05, 3.63) is 81.5 Å². The van der Waals surface area contributed by atoms with Gasteiger partial charge in [-0.05, 0) is 18.2 Å². The lowest BCUT2D eigenvalue weighted by Crippen LogP contribution is -2.10. The normalized spacial score (nSPS) is 10.9. The second-order valence-electron chi connectivity index (χ2n) is 5.77. The van der Waals surface area contributed by atoms with E-state index in [0.29, 0.717) is 16.1 Å². The van der Waals surface area contributed by atoms with Gasteiger partial charge in [-0.1, -0.05) is 11.6 Å². The first-order valence-electron chi connectivity index (χ1n) is 7.73. The van der Waals surface area contributed by atoms with Crippen LogP contribution in [0, 0.1) is 23.0 Å². The highest BCUT2D eigenvalue weighted by Gasteiger charge is 2.19. The maximum atomic E-state index is 14.9. The predicted octanol–water partition coefficient (Wildman–Crippen LogP) is 4.18. The lowest BCUT2D eigenvalue weighted by Gasteiger charge is -2.11. The van der Waals surface area contributed by atoms with Gasteiger partial charge < -0.3 is 9.55 Å². The molecule has 0 spiro atoms. The smallest absolute Gasteiger partial charge is 0.193 e. The number of nitrogens with zero attached hydrogens (tertiary/aromatic N) is 3. The van der Waals surface area contributed by atoms with Gasteiger partial charge >= 0.3 is 0 Å². The zero-order chi connectivity index (χ0) is 19.1. The van der Waals surface area contributed by atoms with Gasteiger partial charge in [-0.15, -0.1) is 0 Å². The molecule has 0 saturated carbocycles. The molecule has 2 aromatic carbocycles. The molecule has 27 heavy (non-hydrogen) atoms. The average Bonchev–Trinajstić information content (AvgIpc) is 3.15. The van der Waals surface area contributed by atoms with Crippen molar-refractivity contribution < 1.29 is 8.78 Å². The molecule has 0 amide bonds. The Balaban J connectivity index is 2.01. The molecule has 0 aliphatic heterocycles. The van der Waals surface area contributed by atoms with Gasteiger partial charge in [0.05, 0.1) is 34.6 Å². The molecule has 0 fully saturated rings. The third kappa shape index (κ3) is 2.76. The SMILES string of the molecule is N#Cc1ccc(Cl)c(-c2cc(=O)c3c(F)c(-n4ccnc4)c(F)cc3[nH]2)c1. The standard InChI is InChI=1S/C19H9ClF2N4O/c20-12-2-1-10(8-23)5-11(12)14-7-16(27)17-15(25-14)6-13(21)19(18(17)22)26-4-3-24-9-26/h1-7,9H,(H,25,27). The van der Waals surface area contributed by atoms with Crippen LogP contribution in [0.15, 0.2) is 53.8 Å². The van der Waals surface area contributed by atoms with Gasteiger partial charge in [0.2, 0.25) is 0 Å². The number of benzene rings is 2. The summed E-state index contributed by atoms with van der Waals surface area (Å²) in [7, 11) is 0. The summed E-state index contributed by atoms with van der Waals surface area (Å²) >= 11 is 6.16. The third-order valence-electron chi connectivity index (χ3n) is 4.13. The molecule has 0 unspecified atom stereocenters. The largest absolute Gasteiger partial charge is 0.354 e. The second-order valence-corrected chi connectivity index (χ2v) is 6.17. The van der Waals surface area contributed by atoms with Gasteiger partial charge in [-0.3, -0.25) is 4.79 Å². The lowest BCUT2D eigenvalue weighted by atomic mass is 10.1. The summed E-state index contributed by atoms with van der Waals surface area (Å²) in [6.07, 6.45) is 3.99. The van der Waals surface area contributed by atoms with E-state index in [2.05, 4.69) is 9.97 Å². The Hall–Kier alpha value is -3.50. The van der Waals surface area contributed by atoms with E-state index >= 15 is 0 Å². The zero-order valence-corrected chi connectivity index (χ0v) is 14.3. The van der Waals surface area contributed by atoms with Crippen LogP contribution >= 0.6 is 11.6 Å². The van der Waals surface area contributed by atoms with E-state index < -0.39 is 17.1 Å². The monoisotopic (exact) mass is 382 g/mol. The molecule has 5 nitrogen and oxygen atoms in total. The summed E-state index contributed by atoms with van der Waals surface area (Å²) in [5.74, 6) is -1.85. The van der Waals surface area contributed by atoms with Crippen LogP contribution in [0.25, 0.3) is 27.8 Å². The van der Waals surface area contributed by atoms with Gasteiger partial charge in [0.25, 0.3) is 0 Å². The number of H-pyrrole nitrogens is 1. The Bertz CT molecular complexity index is 1290. The Morgan fingerprint density at radius 3 is 2.74 bits per heavy atom. The van der Waals surface area contributed by atoms with Crippen molar-refractivity contribution in [2.24, 2.45) is 0 Å². The van der Waals surface area contributed by atoms with Crippen LogP contribution in [-0.2, 0) is 0 Å². The number of pyridine rings is 1. The van der Waals surface area contributed by atoms with Crippen LogP contribution in [0.4, 0.5) is 8.78 Å². The van der Waals surface area contributed by atoms with Gasteiger partial charge in [0.1, 0.15) is 5.69 Å². The molecule has 8 heteroatoms. The molecular formula is C19H9ClF2N4O. The van der Waals surface area contributed by atoms with E-state index in [4.69, 9.17) is 16.9 Å². The van der Waals surface area contributed by atoms with Crippen molar-refractivity contribution in [3.8, 4) is 23.0 Å². The van der Waals surface area contributed by atoms with Crippen molar-refractivity contribution in [2.45, 2.75) is 0 Å². The van der Waals surface area contributed by atoms with E-state index in [1.807, 2.05) is 6.07 Å². The summed E-state index contributed by atoms with van der Waals surface area (Å²) in [6.45, 7) is 0. The Morgan fingerprint density at radius 2 is 2.04 bits per heavy atom. The number of rotatable bonds is 2. The van der Waals surface area contributed by atoms with Crippen LogP contribution in [0.2, 0.25) is 5.02 Å². The molecule has 4 rings (SSSR count). The maximum Gasteiger partial charge on any atom is 0.193 e. The van der Waals surface area contributed by atoms with Crippen LogP contribution in [0.5, 0.6) is 0 Å². The first-order chi connectivity index (χ1) is 13.0. The number of nitrogens with one attached hydrogen (secondary N) is 1. The van der Waals surface area contributed by atoms with Crippen molar-refractivity contribution in [1.82, 2.24) is 14.5 Å². The minimum atomic E-state index is -0.993. The third-order valence-corrected chi connectivity index (χ3v) is 4.46. The number of nitriles is 1. The molecule has 2 aromatic heterocycles. The number of aromatic nitrogens is 3. The topological polar surface area (TPSA) is 74.5 Å². The molecule has 0 aliphatic carbocycles. The number of halogens is 3. The fourth-order valence-corrected chi connectivity index (χ4v) is 3.13. The van der Waals surface area contributed by atoms with Crippen LogP contribution in [-0.4, -0.2) is 14.5 Å². The van der Waals surface area contributed by atoms with Crippen molar-refractivity contribution in [1.29, 1.82) is 5.26 Å². The lowest BCUT2D eigenvalue weighted by molar-refractivity contribution is 0.577. The number of aromatic amines is 1. The number of fused-ring (bicyclic) bond motifs is 1. The summed E-state index contributed by atoms with van der Waals surface area (Å²) in [6, 6.07) is 8.73. The molecule has 0 saturated heterocycles. The molecule has 132 valence electrons. The Labute approximate surface area is 156 Å². The molecule has 0 radical (unpaired) electrons. The van der Waals surface area contributed by atoms with E-state index in [1.54, 1.807) is 0 Å². The molecule has 2 heterocycles. The van der Waals surface area contributed by atoms with Crippen LogP contribution < -0.4 is 5.43 Å². The number of imidazole rings is 1. The molecule has 1 N–H and O–H groups in total. The molecular weight excluding hydrogens is 374 g/mol. The minimum Gasteiger partial charge on any atom is -0.354 e. The van der Waals surface area contributed by atoms with Crippen molar-refractivity contribution >= 4 is 22.5 Å². The fourth-order valence-electron chi connectivity index (χ4n) is 2.91. The second kappa shape index (κ2) is 6.34. The van der Waals surface area contributed by atoms with Crippen molar-refractivity contribution in [3.63, 3.8) is 0 Å². The van der Waals surface area contributed by atoms with Gasteiger partial charge in [-0.25, -0.2) is 13.8 Å². The highest BCUT2D eigenvalue weighted by molar-refractivity contribution is 6.33. The van der Waals surface area contributed by atoms with Gasteiger partial charge in [0, 0.05) is 35.1 Å². The van der Waals surface area contributed by atoms with Gasteiger partial charge in [-0.2, -0.15) is 5.26 Å². The predicted molar refractivity (Wildman–Crippen MR) is 96.8 cm³/mol. The number of hydrogen-bond acceptors (Lipinski definition) is 3. The average molecular weight is 383 g/mol. The van der Waals surface area contributed by atoms with E-state index in [-0.39, 0.29) is 22.3 Å². The van der Waals surface area contributed by atoms with Gasteiger partial charge in [0.15, 0.2) is 17.1 Å². The first kappa shape index (κ1) is 16.9. The summed E-state index contributed by atoms with van der Waals surface area (Å²) in [4.78, 5) is 19.2. The Morgan fingerprint density at radius 1 is 1.22 bits per heavy atom. The maximum absolute atomic E-state index is 14.9. The number of hydrogen-bond donors (Lipinski definition) is 1. The highest BCUT2D eigenvalue weighted by Crippen LogP contribution is 2.30. The summed E-state index contributed by atoms with van der Waals surface area (Å²) < 4.78 is 30.6. The molecule has 0 bridgehead atoms. The summed E-state index contributed by atoms with van der Waals surface area (Å²) in [5.41, 5.74) is -0.0743. The molecule has 0 atom stereocenters. The highest BCUT2D eigenvalue weighted by atomic mass is 35.5. The van der Waals surface area contributed by atoms with Crippen molar-refractivity contribution in [2.75, 3.05) is 0 Å². The van der Waals surface area contributed by atoms with Crippen LogP contribution in [0.1, 0.15) is 5.56 Å². The first-order valence-corrected chi connectivity index (χ1v) is 8.11. The summed E-state index contributed by atoms with van der Waals surface area (Å²) in [5, 5.41) is 9.06. The fraction of sp³-hybridized carbons (Fsp3) is 0. The minimum absolute atomic E-state index is 0.0187. The Kier molecular flexibility index (Phi) is 3.98. The molecule has 0 aliphatic rings.